The molecule has 1 aromatic heterocycles. The molecule has 0 unspecified atom stereocenters. The molecule has 0 spiro atoms. The van der Waals surface area contributed by atoms with Gasteiger partial charge in [0.1, 0.15) is 11.5 Å². The van der Waals surface area contributed by atoms with Gasteiger partial charge in [0, 0.05) is 19.0 Å². The highest BCUT2D eigenvalue weighted by molar-refractivity contribution is 5.96. The minimum atomic E-state index is -0.937. The van der Waals surface area contributed by atoms with Crippen molar-refractivity contribution >= 4 is 23.5 Å². The molecule has 0 aliphatic heterocycles. The van der Waals surface area contributed by atoms with Crippen molar-refractivity contribution in [2.45, 2.75) is 19.3 Å². The van der Waals surface area contributed by atoms with Crippen molar-refractivity contribution in [3.8, 4) is 0 Å². The van der Waals surface area contributed by atoms with Crippen LogP contribution in [-0.2, 0) is 9.59 Å². The summed E-state index contributed by atoms with van der Waals surface area (Å²) in [6, 6.07) is 5.18. The van der Waals surface area contributed by atoms with Crippen molar-refractivity contribution in [1.82, 2.24) is 10.3 Å². The van der Waals surface area contributed by atoms with Crippen LogP contribution in [0.15, 0.2) is 34.6 Å². The second kappa shape index (κ2) is 9.06. The number of carboxylic acids is 1. The minimum absolute atomic E-state index is 0.00486. The highest BCUT2D eigenvalue weighted by Crippen LogP contribution is 1.95. The zero-order chi connectivity index (χ0) is 16.4. The predicted molar refractivity (Wildman–Crippen MR) is 81.1 cm³/mol. The molecular weight excluding hydrogens is 288 g/mol. The van der Waals surface area contributed by atoms with Crippen LogP contribution in [0.1, 0.15) is 25.0 Å². The second-order valence-corrected chi connectivity index (χ2v) is 4.32. The first-order chi connectivity index (χ1) is 10.5. The standard InChI is InChI=1S/C13H18N6O3/c14-10(8-17-11(20)5-3-6-12(21)22)18-19-13(15)9-4-1-2-7-16-9/h1-2,4,7H,3,5-6,8H2,(H2,14,18)(H2,15,19)(H,17,20)(H,21,22). The number of rotatable bonds is 8. The van der Waals surface area contributed by atoms with Crippen LogP contribution in [0, 0.1) is 0 Å². The van der Waals surface area contributed by atoms with Crippen molar-refractivity contribution in [2.75, 3.05) is 6.54 Å². The Balaban J connectivity index is 2.40. The molecule has 118 valence electrons. The van der Waals surface area contributed by atoms with Crippen molar-refractivity contribution in [1.29, 1.82) is 0 Å². The van der Waals surface area contributed by atoms with E-state index in [2.05, 4.69) is 20.5 Å². The number of hydrogen-bond donors (Lipinski definition) is 4. The summed E-state index contributed by atoms with van der Waals surface area (Å²) >= 11 is 0. The fraction of sp³-hybridized carbons (Fsp3) is 0.308. The smallest absolute Gasteiger partial charge is 0.303 e. The SMILES string of the molecule is N/C(CNC(=O)CCCC(=O)O)=N\N=C(/N)c1ccccn1. The number of carbonyl (C=O) groups is 2. The first-order valence-corrected chi connectivity index (χ1v) is 6.54. The number of carbonyl (C=O) groups excluding carboxylic acids is 1. The van der Waals surface area contributed by atoms with Crippen LogP contribution in [0.25, 0.3) is 0 Å². The number of nitrogens with two attached hydrogens (primary N) is 2. The zero-order valence-electron chi connectivity index (χ0n) is 11.9. The molecule has 0 atom stereocenters. The third-order valence-electron chi connectivity index (χ3n) is 2.47. The van der Waals surface area contributed by atoms with Crippen molar-refractivity contribution in [2.24, 2.45) is 21.7 Å². The Morgan fingerprint density at radius 2 is 2.00 bits per heavy atom. The average molecular weight is 306 g/mol. The third-order valence-corrected chi connectivity index (χ3v) is 2.47. The van der Waals surface area contributed by atoms with Crippen LogP contribution in [0.2, 0.25) is 0 Å². The zero-order valence-corrected chi connectivity index (χ0v) is 11.9. The van der Waals surface area contributed by atoms with Gasteiger partial charge in [-0.2, -0.15) is 0 Å². The van der Waals surface area contributed by atoms with E-state index in [-0.39, 0.29) is 43.4 Å². The normalized spacial score (nSPS) is 12.0. The Labute approximate surface area is 127 Å². The molecule has 22 heavy (non-hydrogen) atoms. The van der Waals surface area contributed by atoms with Gasteiger partial charge in [-0.1, -0.05) is 6.07 Å². The molecule has 0 saturated carbocycles. The number of aromatic nitrogens is 1. The van der Waals surface area contributed by atoms with E-state index in [0.29, 0.717) is 5.69 Å². The lowest BCUT2D eigenvalue weighted by Gasteiger charge is -2.03. The fourth-order valence-corrected chi connectivity index (χ4v) is 1.40. The highest BCUT2D eigenvalue weighted by atomic mass is 16.4. The van der Waals surface area contributed by atoms with E-state index >= 15 is 0 Å². The lowest BCUT2D eigenvalue weighted by atomic mass is 10.2. The largest absolute Gasteiger partial charge is 0.481 e. The number of nitrogens with zero attached hydrogens (tertiary/aromatic N) is 3. The number of amidine groups is 2. The van der Waals surface area contributed by atoms with Gasteiger partial charge < -0.3 is 21.9 Å². The first-order valence-electron chi connectivity index (χ1n) is 6.54. The number of hydrogen-bond acceptors (Lipinski definition) is 5. The molecule has 0 fully saturated rings. The molecule has 0 bridgehead atoms. The third kappa shape index (κ3) is 6.98. The van der Waals surface area contributed by atoms with Crippen LogP contribution < -0.4 is 16.8 Å². The topological polar surface area (TPSA) is 156 Å². The molecule has 1 rings (SSSR count). The summed E-state index contributed by atoms with van der Waals surface area (Å²) in [4.78, 5) is 25.7. The van der Waals surface area contributed by atoms with Crippen molar-refractivity contribution < 1.29 is 14.7 Å². The highest BCUT2D eigenvalue weighted by Gasteiger charge is 2.04. The number of nitrogens with one attached hydrogen (secondary N) is 1. The molecule has 9 heteroatoms. The van der Waals surface area contributed by atoms with Gasteiger partial charge in [0.2, 0.25) is 5.91 Å². The van der Waals surface area contributed by atoms with E-state index in [4.69, 9.17) is 16.6 Å². The molecule has 0 aliphatic rings. The number of carboxylic acid groups (broad SMARTS) is 1. The quantitative estimate of drug-likeness (QED) is 0.286. The van der Waals surface area contributed by atoms with Crippen LogP contribution in [0.3, 0.4) is 0 Å². The van der Waals surface area contributed by atoms with Gasteiger partial charge in [0.05, 0.1) is 6.54 Å². The van der Waals surface area contributed by atoms with E-state index in [1.165, 1.54) is 0 Å². The molecule has 1 heterocycles. The molecule has 0 aliphatic carbocycles. The predicted octanol–water partition coefficient (Wildman–Crippen LogP) is -0.570. The number of amides is 1. The second-order valence-electron chi connectivity index (χ2n) is 4.32. The van der Waals surface area contributed by atoms with Crippen LogP contribution in [0.4, 0.5) is 0 Å². The van der Waals surface area contributed by atoms with E-state index in [1.807, 2.05) is 0 Å². The maximum absolute atomic E-state index is 11.4. The Morgan fingerprint density at radius 3 is 2.64 bits per heavy atom. The molecule has 0 radical (unpaired) electrons. The maximum Gasteiger partial charge on any atom is 0.303 e. The maximum atomic E-state index is 11.4. The first kappa shape index (κ1) is 17.1. The lowest BCUT2D eigenvalue weighted by Crippen LogP contribution is -2.33. The summed E-state index contributed by atoms with van der Waals surface area (Å²) in [5.74, 6) is -1.06. The number of aliphatic carboxylic acids is 1. The molecule has 1 aromatic rings. The van der Waals surface area contributed by atoms with Crippen molar-refractivity contribution in [3.63, 3.8) is 0 Å². The van der Waals surface area contributed by atoms with Gasteiger partial charge in [-0.25, -0.2) is 0 Å². The van der Waals surface area contributed by atoms with E-state index in [0.717, 1.165) is 0 Å². The van der Waals surface area contributed by atoms with Crippen LogP contribution in [0.5, 0.6) is 0 Å². The van der Waals surface area contributed by atoms with Gasteiger partial charge in [-0.05, 0) is 18.6 Å². The lowest BCUT2D eigenvalue weighted by molar-refractivity contribution is -0.137. The number of pyridine rings is 1. The average Bonchev–Trinajstić information content (AvgIpc) is 2.51. The van der Waals surface area contributed by atoms with Crippen LogP contribution in [-0.4, -0.2) is 40.2 Å². The summed E-state index contributed by atoms with van der Waals surface area (Å²) in [7, 11) is 0. The summed E-state index contributed by atoms with van der Waals surface area (Å²) in [6.07, 6.45) is 1.89. The summed E-state index contributed by atoms with van der Waals surface area (Å²) < 4.78 is 0. The monoisotopic (exact) mass is 306 g/mol. The van der Waals surface area contributed by atoms with Gasteiger partial charge in [0.25, 0.3) is 0 Å². The fourth-order valence-electron chi connectivity index (χ4n) is 1.40. The minimum Gasteiger partial charge on any atom is -0.481 e. The molecule has 1 amide bonds. The Morgan fingerprint density at radius 1 is 1.23 bits per heavy atom. The van der Waals surface area contributed by atoms with Gasteiger partial charge >= 0.3 is 5.97 Å². The Bertz CT molecular complexity index is 570. The van der Waals surface area contributed by atoms with E-state index < -0.39 is 5.97 Å². The van der Waals surface area contributed by atoms with Gasteiger partial charge in [-0.3, -0.25) is 14.6 Å². The molecule has 9 nitrogen and oxygen atoms in total. The molecule has 6 N–H and O–H groups in total. The summed E-state index contributed by atoms with van der Waals surface area (Å²) in [6.45, 7) is 0.00486. The van der Waals surface area contributed by atoms with E-state index in [1.54, 1.807) is 24.4 Å². The molecule has 0 saturated heterocycles. The Kier molecular flexibility index (Phi) is 7.03. The Hall–Kier alpha value is -2.97. The molecular formula is C13H18N6O3. The summed E-state index contributed by atoms with van der Waals surface area (Å²) in [5, 5.41) is 18.4. The van der Waals surface area contributed by atoms with Gasteiger partial charge in [0.15, 0.2) is 5.84 Å². The molecule has 0 aromatic carbocycles. The van der Waals surface area contributed by atoms with Gasteiger partial charge in [-0.15, -0.1) is 10.2 Å². The van der Waals surface area contributed by atoms with Crippen LogP contribution >= 0.6 is 0 Å². The summed E-state index contributed by atoms with van der Waals surface area (Å²) in [5.41, 5.74) is 11.7. The van der Waals surface area contributed by atoms with E-state index in [9.17, 15) is 9.59 Å². The van der Waals surface area contributed by atoms with Crippen molar-refractivity contribution in [3.05, 3.63) is 30.1 Å².